The van der Waals surface area contributed by atoms with Crippen molar-refractivity contribution >= 4 is 15.7 Å². The molecule has 0 spiro atoms. The van der Waals surface area contributed by atoms with Gasteiger partial charge in [-0.15, -0.1) is 0 Å². The summed E-state index contributed by atoms with van der Waals surface area (Å²) < 4.78 is 32.0. The summed E-state index contributed by atoms with van der Waals surface area (Å²) in [6, 6.07) is 14.9. The molecule has 0 radical (unpaired) electrons. The molecular formula is C15H14N2O3S. The standard InChI is InChI=1S/C15H14N2O3S/c1-20-14-4-2-3-13(11-14)17-21(18,19)15-7-5-12(6-8-15)9-10-16/h2-8,11,17H,9H2,1H3. The van der Waals surface area contributed by atoms with Crippen LogP contribution in [0.25, 0.3) is 0 Å². The fourth-order valence-electron chi connectivity index (χ4n) is 1.78. The lowest BCUT2D eigenvalue weighted by Gasteiger charge is -2.09. The molecule has 2 aromatic rings. The van der Waals surface area contributed by atoms with Crippen molar-refractivity contribution in [2.75, 3.05) is 11.8 Å². The van der Waals surface area contributed by atoms with Gasteiger partial charge in [0.2, 0.25) is 0 Å². The number of anilines is 1. The number of hydrogen-bond donors (Lipinski definition) is 1. The Morgan fingerprint density at radius 2 is 1.90 bits per heavy atom. The van der Waals surface area contributed by atoms with Gasteiger partial charge in [0.05, 0.1) is 30.2 Å². The zero-order valence-electron chi connectivity index (χ0n) is 11.4. The molecule has 0 heterocycles. The third kappa shape index (κ3) is 3.74. The Hall–Kier alpha value is -2.52. The number of rotatable bonds is 5. The molecule has 0 saturated heterocycles. The highest BCUT2D eigenvalue weighted by Gasteiger charge is 2.14. The van der Waals surface area contributed by atoms with Crippen molar-refractivity contribution in [2.45, 2.75) is 11.3 Å². The van der Waals surface area contributed by atoms with Crippen LogP contribution in [-0.4, -0.2) is 15.5 Å². The smallest absolute Gasteiger partial charge is 0.261 e. The zero-order chi connectivity index (χ0) is 15.3. The highest BCUT2D eigenvalue weighted by atomic mass is 32.2. The van der Waals surface area contributed by atoms with Crippen molar-refractivity contribution in [2.24, 2.45) is 0 Å². The minimum absolute atomic E-state index is 0.145. The van der Waals surface area contributed by atoms with Gasteiger partial charge in [-0.1, -0.05) is 18.2 Å². The maximum atomic E-state index is 12.3. The van der Waals surface area contributed by atoms with Gasteiger partial charge < -0.3 is 4.74 Å². The lowest BCUT2D eigenvalue weighted by molar-refractivity contribution is 0.415. The van der Waals surface area contributed by atoms with E-state index in [9.17, 15) is 8.42 Å². The summed E-state index contributed by atoms with van der Waals surface area (Å²) >= 11 is 0. The van der Waals surface area contributed by atoms with Crippen molar-refractivity contribution in [3.05, 3.63) is 54.1 Å². The van der Waals surface area contributed by atoms with Gasteiger partial charge in [0.1, 0.15) is 5.75 Å². The van der Waals surface area contributed by atoms with Gasteiger partial charge in [0.15, 0.2) is 0 Å². The number of nitrogens with one attached hydrogen (secondary N) is 1. The Balaban J connectivity index is 2.23. The molecule has 0 aliphatic rings. The van der Waals surface area contributed by atoms with Gasteiger partial charge in [-0.25, -0.2) is 8.42 Å². The lowest BCUT2D eigenvalue weighted by atomic mass is 10.2. The Bertz CT molecular complexity index is 762. The molecule has 5 nitrogen and oxygen atoms in total. The summed E-state index contributed by atoms with van der Waals surface area (Å²) in [5.41, 5.74) is 1.20. The second-order valence-electron chi connectivity index (χ2n) is 4.32. The molecule has 0 aliphatic heterocycles. The normalized spacial score (nSPS) is 10.7. The fourth-order valence-corrected chi connectivity index (χ4v) is 2.83. The highest BCUT2D eigenvalue weighted by Crippen LogP contribution is 2.20. The first-order chi connectivity index (χ1) is 10.0. The monoisotopic (exact) mass is 302 g/mol. The van der Waals surface area contributed by atoms with Crippen LogP contribution in [0.15, 0.2) is 53.4 Å². The SMILES string of the molecule is COc1cccc(NS(=O)(=O)c2ccc(CC#N)cc2)c1. The van der Waals surface area contributed by atoms with Crippen LogP contribution in [-0.2, 0) is 16.4 Å². The van der Waals surface area contributed by atoms with Crippen molar-refractivity contribution in [1.29, 1.82) is 5.26 Å². The average Bonchev–Trinajstić information content (AvgIpc) is 2.48. The quantitative estimate of drug-likeness (QED) is 0.920. The molecule has 0 atom stereocenters. The third-order valence-electron chi connectivity index (χ3n) is 2.84. The Morgan fingerprint density at radius 3 is 2.52 bits per heavy atom. The first kappa shape index (κ1) is 14.9. The maximum Gasteiger partial charge on any atom is 0.261 e. The van der Waals surface area contributed by atoms with Crippen LogP contribution in [0.1, 0.15) is 5.56 Å². The van der Waals surface area contributed by atoms with E-state index in [1.165, 1.54) is 19.2 Å². The Morgan fingerprint density at radius 1 is 1.19 bits per heavy atom. The van der Waals surface area contributed by atoms with Gasteiger partial charge in [0.25, 0.3) is 10.0 Å². The molecule has 1 N–H and O–H groups in total. The first-order valence-electron chi connectivity index (χ1n) is 6.18. The first-order valence-corrected chi connectivity index (χ1v) is 7.66. The highest BCUT2D eigenvalue weighted by molar-refractivity contribution is 7.92. The largest absolute Gasteiger partial charge is 0.497 e. The molecule has 2 rings (SSSR count). The van der Waals surface area contributed by atoms with Crippen LogP contribution in [0, 0.1) is 11.3 Å². The summed E-state index contributed by atoms with van der Waals surface area (Å²) in [6.07, 6.45) is 0.254. The van der Waals surface area contributed by atoms with Crippen molar-refractivity contribution in [3.8, 4) is 11.8 Å². The van der Waals surface area contributed by atoms with Gasteiger partial charge in [0, 0.05) is 6.07 Å². The van der Waals surface area contributed by atoms with Crippen LogP contribution < -0.4 is 9.46 Å². The number of sulfonamides is 1. The molecule has 0 aliphatic carbocycles. The molecule has 21 heavy (non-hydrogen) atoms. The van der Waals surface area contributed by atoms with Crippen LogP contribution in [0.4, 0.5) is 5.69 Å². The number of ether oxygens (including phenoxy) is 1. The second kappa shape index (κ2) is 6.29. The van der Waals surface area contributed by atoms with Gasteiger partial charge in [-0.3, -0.25) is 4.72 Å². The third-order valence-corrected chi connectivity index (χ3v) is 4.24. The van der Waals surface area contributed by atoms with E-state index in [2.05, 4.69) is 4.72 Å². The van der Waals surface area contributed by atoms with Crippen LogP contribution in [0.2, 0.25) is 0 Å². The Labute approximate surface area is 123 Å². The van der Waals surface area contributed by atoms with Crippen LogP contribution >= 0.6 is 0 Å². The molecule has 0 aromatic heterocycles. The fraction of sp³-hybridized carbons (Fsp3) is 0.133. The van der Waals surface area contributed by atoms with E-state index in [1.807, 2.05) is 6.07 Å². The van der Waals surface area contributed by atoms with Crippen LogP contribution in [0.3, 0.4) is 0 Å². The minimum atomic E-state index is -3.66. The zero-order valence-corrected chi connectivity index (χ0v) is 12.2. The summed E-state index contributed by atoms with van der Waals surface area (Å²) in [4.78, 5) is 0.145. The van der Waals surface area contributed by atoms with Gasteiger partial charge in [-0.05, 0) is 29.8 Å². The molecule has 0 saturated carbocycles. The van der Waals surface area contributed by atoms with Gasteiger partial charge in [-0.2, -0.15) is 5.26 Å². The van der Waals surface area contributed by atoms with E-state index in [0.717, 1.165) is 5.56 Å². The predicted molar refractivity (Wildman–Crippen MR) is 79.6 cm³/mol. The molecule has 0 amide bonds. The molecular weight excluding hydrogens is 288 g/mol. The van der Waals surface area contributed by atoms with E-state index < -0.39 is 10.0 Å². The molecule has 2 aromatic carbocycles. The molecule has 6 heteroatoms. The van der Waals surface area contributed by atoms with Gasteiger partial charge >= 0.3 is 0 Å². The van der Waals surface area contributed by atoms with Crippen molar-refractivity contribution < 1.29 is 13.2 Å². The van der Waals surface area contributed by atoms with E-state index in [4.69, 9.17) is 10.00 Å². The number of nitrogens with zero attached hydrogens (tertiary/aromatic N) is 1. The summed E-state index contributed by atoms with van der Waals surface area (Å²) in [6.45, 7) is 0. The van der Waals surface area contributed by atoms with E-state index in [0.29, 0.717) is 11.4 Å². The number of benzene rings is 2. The maximum absolute atomic E-state index is 12.3. The lowest BCUT2D eigenvalue weighted by Crippen LogP contribution is -2.12. The summed E-state index contributed by atoms with van der Waals surface area (Å²) in [7, 11) is -2.14. The second-order valence-corrected chi connectivity index (χ2v) is 6.00. The Kier molecular flexibility index (Phi) is 4.45. The molecule has 108 valence electrons. The van der Waals surface area contributed by atoms with E-state index in [-0.39, 0.29) is 11.3 Å². The topological polar surface area (TPSA) is 79.2 Å². The molecule has 0 bridgehead atoms. The number of hydrogen-bond acceptors (Lipinski definition) is 4. The molecule has 0 fully saturated rings. The van der Waals surface area contributed by atoms with E-state index in [1.54, 1.807) is 36.4 Å². The number of nitriles is 1. The molecule has 0 unspecified atom stereocenters. The average molecular weight is 302 g/mol. The predicted octanol–water partition coefficient (Wildman–Crippen LogP) is 2.56. The minimum Gasteiger partial charge on any atom is -0.497 e. The van der Waals surface area contributed by atoms with Crippen molar-refractivity contribution in [3.63, 3.8) is 0 Å². The van der Waals surface area contributed by atoms with Crippen molar-refractivity contribution in [1.82, 2.24) is 0 Å². The van der Waals surface area contributed by atoms with Crippen LogP contribution in [0.5, 0.6) is 5.75 Å². The number of methoxy groups -OCH3 is 1. The summed E-state index contributed by atoms with van der Waals surface area (Å²) in [5, 5.41) is 8.60. The van der Waals surface area contributed by atoms with E-state index >= 15 is 0 Å². The summed E-state index contributed by atoms with van der Waals surface area (Å²) in [5.74, 6) is 0.569.